The van der Waals surface area contributed by atoms with E-state index >= 15 is 0 Å². The molecule has 4 nitrogen and oxygen atoms in total. The van der Waals surface area contributed by atoms with Crippen LogP contribution in [0.5, 0.6) is 0 Å². The average molecular weight is 235 g/mol. The van der Waals surface area contributed by atoms with Gasteiger partial charge in [0.05, 0.1) is 17.1 Å². The van der Waals surface area contributed by atoms with Gasteiger partial charge >= 0.3 is 0 Å². The summed E-state index contributed by atoms with van der Waals surface area (Å²) in [6.45, 7) is 6.44. The van der Waals surface area contributed by atoms with Crippen molar-refractivity contribution >= 4 is 9.84 Å². The lowest BCUT2D eigenvalue weighted by Gasteiger charge is -2.25. The Morgan fingerprint density at radius 2 is 2.00 bits per heavy atom. The summed E-state index contributed by atoms with van der Waals surface area (Å²) in [5.41, 5.74) is 5.25. The highest BCUT2D eigenvalue weighted by molar-refractivity contribution is 7.91. The van der Waals surface area contributed by atoms with Gasteiger partial charge in [-0.25, -0.2) is 8.42 Å². The van der Waals surface area contributed by atoms with Gasteiger partial charge in [-0.15, -0.1) is 0 Å². The van der Waals surface area contributed by atoms with Crippen LogP contribution in [0.25, 0.3) is 0 Å². The Bertz CT molecular complexity index is 318. The number of rotatable bonds is 3. The van der Waals surface area contributed by atoms with E-state index in [0.717, 1.165) is 0 Å². The average Bonchev–Trinajstić information content (AvgIpc) is 2.23. The van der Waals surface area contributed by atoms with Crippen LogP contribution < -0.4 is 5.73 Å². The van der Waals surface area contributed by atoms with E-state index in [1.165, 1.54) is 0 Å². The van der Waals surface area contributed by atoms with E-state index < -0.39 is 15.4 Å². The van der Waals surface area contributed by atoms with Crippen molar-refractivity contribution in [3.63, 3.8) is 0 Å². The fourth-order valence-electron chi connectivity index (χ4n) is 1.70. The highest BCUT2D eigenvalue weighted by Gasteiger charge is 2.38. The van der Waals surface area contributed by atoms with Gasteiger partial charge in [0.25, 0.3) is 0 Å². The molecule has 0 aromatic rings. The monoisotopic (exact) mass is 235 g/mol. The molecule has 90 valence electrons. The van der Waals surface area contributed by atoms with E-state index in [1.807, 2.05) is 20.8 Å². The lowest BCUT2D eigenvalue weighted by Crippen LogP contribution is -2.42. The molecule has 1 unspecified atom stereocenters. The smallest absolute Gasteiger partial charge is 0.152 e. The molecule has 0 aromatic heterocycles. The normalized spacial score (nSPS) is 30.7. The number of ether oxygens (including phenoxy) is 1. The fourth-order valence-corrected chi connectivity index (χ4v) is 3.73. The Morgan fingerprint density at radius 1 is 1.40 bits per heavy atom. The molecule has 1 aliphatic rings. The van der Waals surface area contributed by atoms with Crippen molar-refractivity contribution in [2.45, 2.75) is 44.8 Å². The lowest BCUT2D eigenvalue weighted by molar-refractivity contribution is -0.00993. The van der Waals surface area contributed by atoms with Gasteiger partial charge < -0.3 is 10.5 Å². The van der Waals surface area contributed by atoms with Crippen LogP contribution in [0.4, 0.5) is 0 Å². The minimum absolute atomic E-state index is 0.105. The summed E-state index contributed by atoms with van der Waals surface area (Å²) in [4.78, 5) is 0. The fraction of sp³-hybridized carbons (Fsp3) is 1.00. The van der Waals surface area contributed by atoms with Crippen molar-refractivity contribution in [1.82, 2.24) is 0 Å². The summed E-state index contributed by atoms with van der Waals surface area (Å²) in [5.74, 6) is 0.326. The van der Waals surface area contributed by atoms with Gasteiger partial charge in [0.1, 0.15) is 0 Å². The van der Waals surface area contributed by atoms with E-state index in [2.05, 4.69) is 0 Å². The highest BCUT2D eigenvalue weighted by atomic mass is 32.2. The highest BCUT2D eigenvalue weighted by Crippen LogP contribution is 2.24. The number of hydrogen-bond acceptors (Lipinski definition) is 4. The van der Waals surface area contributed by atoms with Crippen LogP contribution >= 0.6 is 0 Å². The molecule has 1 aliphatic heterocycles. The third-order valence-electron chi connectivity index (χ3n) is 2.55. The minimum atomic E-state index is -2.90. The van der Waals surface area contributed by atoms with Gasteiger partial charge in [0, 0.05) is 12.1 Å². The molecule has 1 atom stereocenters. The third kappa shape index (κ3) is 4.49. The molecular formula is C10H21NO3S. The van der Waals surface area contributed by atoms with Crippen molar-refractivity contribution in [3.8, 4) is 0 Å². The maximum atomic E-state index is 11.3. The van der Waals surface area contributed by atoms with E-state index in [-0.39, 0.29) is 17.1 Å². The molecule has 0 saturated carbocycles. The van der Waals surface area contributed by atoms with Crippen molar-refractivity contribution < 1.29 is 13.2 Å². The van der Waals surface area contributed by atoms with E-state index in [9.17, 15) is 8.42 Å². The van der Waals surface area contributed by atoms with Gasteiger partial charge in [-0.05, 0) is 33.6 Å². The van der Waals surface area contributed by atoms with E-state index in [0.29, 0.717) is 19.4 Å². The molecule has 15 heavy (non-hydrogen) atoms. The third-order valence-corrected chi connectivity index (χ3v) is 4.39. The quantitative estimate of drug-likeness (QED) is 0.782. The summed E-state index contributed by atoms with van der Waals surface area (Å²) in [7, 11) is -2.90. The molecule has 0 radical (unpaired) electrons. The molecule has 0 bridgehead atoms. The van der Waals surface area contributed by atoms with E-state index in [1.54, 1.807) is 0 Å². The maximum Gasteiger partial charge on any atom is 0.152 e. The second-order valence-electron chi connectivity index (χ2n) is 5.42. The molecule has 1 fully saturated rings. The largest absolute Gasteiger partial charge is 0.376 e. The zero-order chi connectivity index (χ0) is 11.7. The molecule has 1 rings (SSSR count). The lowest BCUT2D eigenvalue weighted by atomic mass is 9.97. The Morgan fingerprint density at radius 3 is 2.40 bits per heavy atom. The van der Waals surface area contributed by atoms with Crippen molar-refractivity contribution in [1.29, 1.82) is 0 Å². The second-order valence-corrected chi connectivity index (χ2v) is 7.60. The molecule has 0 aliphatic carbocycles. The summed E-state index contributed by atoms with van der Waals surface area (Å²) in [6.07, 6.45) is 1.17. The maximum absolute atomic E-state index is 11.3. The minimum Gasteiger partial charge on any atom is -0.376 e. The van der Waals surface area contributed by atoms with Crippen LogP contribution in [-0.4, -0.2) is 37.7 Å². The zero-order valence-electron chi connectivity index (χ0n) is 9.75. The van der Waals surface area contributed by atoms with Gasteiger partial charge in [0.15, 0.2) is 9.84 Å². The summed E-state index contributed by atoms with van der Waals surface area (Å²) >= 11 is 0. The van der Waals surface area contributed by atoms with Crippen LogP contribution in [0, 0.1) is 0 Å². The number of sulfone groups is 1. The molecule has 5 heteroatoms. The van der Waals surface area contributed by atoms with Gasteiger partial charge in [0.2, 0.25) is 0 Å². The first kappa shape index (κ1) is 12.9. The predicted octanol–water partition coefficient (Wildman–Crippen LogP) is 0.708. The van der Waals surface area contributed by atoms with Crippen LogP contribution in [-0.2, 0) is 14.6 Å². The Labute approximate surface area is 92.1 Å². The summed E-state index contributed by atoms with van der Waals surface area (Å²) in [5, 5.41) is 0. The van der Waals surface area contributed by atoms with Crippen molar-refractivity contribution in [2.75, 3.05) is 18.1 Å². The van der Waals surface area contributed by atoms with Crippen LogP contribution in [0.3, 0.4) is 0 Å². The molecule has 0 aromatic carbocycles. The SMILES string of the molecule is CC(C)(C)OCCC1(N)CCS(=O)(=O)C1. The van der Waals surface area contributed by atoms with Crippen LogP contribution in [0.2, 0.25) is 0 Å². The molecule has 1 heterocycles. The van der Waals surface area contributed by atoms with Crippen molar-refractivity contribution in [3.05, 3.63) is 0 Å². The first-order valence-electron chi connectivity index (χ1n) is 5.25. The van der Waals surface area contributed by atoms with E-state index in [4.69, 9.17) is 10.5 Å². The van der Waals surface area contributed by atoms with Gasteiger partial charge in [-0.3, -0.25) is 0 Å². The zero-order valence-corrected chi connectivity index (χ0v) is 10.6. The first-order chi connectivity index (χ1) is 6.62. The number of hydrogen-bond donors (Lipinski definition) is 1. The predicted molar refractivity (Wildman–Crippen MR) is 60.5 cm³/mol. The Kier molecular flexibility index (Phi) is 3.48. The Hall–Kier alpha value is -0.130. The van der Waals surface area contributed by atoms with Gasteiger partial charge in [-0.1, -0.05) is 0 Å². The second kappa shape index (κ2) is 4.03. The topological polar surface area (TPSA) is 69.4 Å². The molecule has 0 spiro atoms. The number of nitrogens with two attached hydrogens (primary N) is 1. The Balaban J connectivity index is 2.40. The molecule has 2 N–H and O–H groups in total. The van der Waals surface area contributed by atoms with Crippen LogP contribution in [0.15, 0.2) is 0 Å². The summed E-state index contributed by atoms with van der Waals surface area (Å²) in [6, 6.07) is 0. The first-order valence-corrected chi connectivity index (χ1v) is 7.07. The summed E-state index contributed by atoms with van der Waals surface area (Å²) < 4.78 is 28.1. The van der Waals surface area contributed by atoms with Crippen molar-refractivity contribution in [2.24, 2.45) is 5.73 Å². The molecule has 1 saturated heterocycles. The van der Waals surface area contributed by atoms with Crippen LogP contribution in [0.1, 0.15) is 33.6 Å². The molecule has 0 amide bonds. The van der Waals surface area contributed by atoms with Gasteiger partial charge in [-0.2, -0.15) is 0 Å². The standard InChI is InChI=1S/C10H21NO3S/c1-9(2,3)14-6-4-10(11)5-7-15(12,13)8-10/h4-8,11H2,1-3H3. The molecular weight excluding hydrogens is 214 g/mol.